The zero-order chi connectivity index (χ0) is 18.1. The summed E-state index contributed by atoms with van der Waals surface area (Å²) in [6.45, 7) is 9.74. The maximum absolute atomic E-state index is 11.3. The van der Waals surface area contributed by atoms with E-state index >= 15 is 0 Å². The van der Waals surface area contributed by atoms with Crippen molar-refractivity contribution < 1.29 is 14.1 Å². The molecule has 1 aromatic rings. The summed E-state index contributed by atoms with van der Waals surface area (Å²) in [6, 6.07) is 1.74. The normalized spacial score (nSPS) is 19.5. The fourth-order valence-corrected chi connectivity index (χ4v) is 2.66. The molecular formula is C16H21BBrClN2O3. The number of nitrogens with zero attached hydrogens (tertiary/aromatic N) is 1. The van der Waals surface area contributed by atoms with Crippen molar-refractivity contribution >= 4 is 46.6 Å². The van der Waals surface area contributed by atoms with Gasteiger partial charge in [0, 0.05) is 24.1 Å². The third-order valence-corrected chi connectivity index (χ3v) is 5.16. The molecule has 1 saturated heterocycles. The van der Waals surface area contributed by atoms with Crippen LogP contribution < -0.4 is 5.32 Å². The van der Waals surface area contributed by atoms with E-state index in [2.05, 4.69) is 26.2 Å². The van der Waals surface area contributed by atoms with Gasteiger partial charge in [-0.15, -0.1) is 0 Å². The minimum absolute atomic E-state index is 0.121. The molecule has 5 nitrogen and oxygen atoms in total. The fourth-order valence-electron chi connectivity index (χ4n) is 2.16. The summed E-state index contributed by atoms with van der Waals surface area (Å²) in [5.41, 5.74) is 0.720. The quantitative estimate of drug-likeness (QED) is 0.602. The molecule has 8 heteroatoms. The van der Waals surface area contributed by atoms with Crippen molar-refractivity contribution in [1.29, 1.82) is 0 Å². The van der Waals surface area contributed by atoms with Crippen LogP contribution in [0, 0.1) is 0 Å². The molecule has 0 unspecified atom stereocenters. The highest BCUT2D eigenvalue weighted by Crippen LogP contribution is 2.39. The molecule has 0 atom stereocenters. The van der Waals surface area contributed by atoms with Gasteiger partial charge in [-0.05, 0) is 60.7 Å². The monoisotopic (exact) mass is 414 g/mol. The molecule has 2 heterocycles. The van der Waals surface area contributed by atoms with E-state index in [0.717, 1.165) is 15.5 Å². The Morgan fingerprint density at radius 1 is 1.38 bits per heavy atom. The Labute approximate surface area is 156 Å². The number of aromatic nitrogens is 1. The summed E-state index contributed by atoms with van der Waals surface area (Å²) in [6.07, 6.45) is 3.53. The Hall–Kier alpha value is -0.885. The third kappa shape index (κ3) is 4.39. The summed E-state index contributed by atoms with van der Waals surface area (Å²) in [5.74, 6) is -0.121. The molecule has 1 aromatic heterocycles. The minimum Gasteiger partial charge on any atom is -0.400 e. The highest BCUT2D eigenvalue weighted by atomic mass is 79.9. The fraction of sp³-hybridized carbons (Fsp3) is 0.500. The Kier molecular flexibility index (Phi) is 5.80. The van der Waals surface area contributed by atoms with Gasteiger partial charge in [-0.25, -0.2) is 4.98 Å². The van der Waals surface area contributed by atoms with Crippen molar-refractivity contribution in [2.24, 2.45) is 0 Å². The van der Waals surface area contributed by atoms with Gasteiger partial charge in [-0.1, -0.05) is 17.7 Å². The zero-order valence-electron chi connectivity index (χ0n) is 14.4. The molecule has 0 aliphatic carbocycles. The van der Waals surface area contributed by atoms with Gasteiger partial charge in [-0.2, -0.15) is 0 Å². The van der Waals surface area contributed by atoms with Crippen molar-refractivity contribution in [3.8, 4) is 0 Å². The Morgan fingerprint density at radius 2 is 1.96 bits per heavy atom. The van der Waals surface area contributed by atoms with Crippen molar-refractivity contribution in [3.05, 3.63) is 32.9 Å². The smallest absolute Gasteiger partial charge is 0.400 e. The maximum atomic E-state index is 11.3. The van der Waals surface area contributed by atoms with Crippen LogP contribution in [0.2, 0.25) is 5.15 Å². The van der Waals surface area contributed by atoms with E-state index < -0.39 is 18.3 Å². The lowest BCUT2D eigenvalue weighted by Gasteiger charge is -2.32. The summed E-state index contributed by atoms with van der Waals surface area (Å²) in [5, 5.41) is 3.19. The number of hydrogen-bond acceptors (Lipinski definition) is 4. The number of rotatable bonds is 4. The molecule has 0 aromatic carbocycles. The van der Waals surface area contributed by atoms with Crippen molar-refractivity contribution in [2.75, 3.05) is 6.54 Å². The van der Waals surface area contributed by atoms with Crippen LogP contribution in [-0.2, 0) is 14.1 Å². The van der Waals surface area contributed by atoms with Gasteiger partial charge in [0.15, 0.2) is 0 Å². The lowest BCUT2D eigenvalue weighted by Crippen LogP contribution is -2.41. The molecule has 1 amide bonds. The summed E-state index contributed by atoms with van der Waals surface area (Å²) >= 11 is 9.44. The van der Waals surface area contributed by atoms with E-state index in [1.807, 2.05) is 33.8 Å². The van der Waals surface area contributed by atoms with E-state index in [4.69, 9.17) is 20.9 Å². The van der Waals surface area contributed by atoms with E-state index in [9.17, 15) is 4.79 Å². The first-order chi connectivity index (χ1) is 11.0. The third-order valence-electron chi connectivity index (χ3n) is 4.29. The molecule has 1 N–H and O–H groups in total. The molecule has 24 heavy (non-hydrogen) atoms. The number of carbonyl (C=O) groups excluding carboxylic acids is 1. The number of pyridine rings is 1. The van der Waals surface area contributed by atoms with Gasteiger partial charge in [0.1, 0.15) is 5.15 Å². The number of hydrogen-bond donors (Lipinski definition) is 1. The summed E-state index contributed by atoms with van der Waals surface area (Å²) in [7, 11) is -0.555. The van der Waals surface area contributed by atoms with Gasteiger partial charge < -0.3 is 14.6 Å². The number of amides is 1. The molecule has 0 bridgehead atoms. The molecule has 0 saturated carbocycles. The van der Waals surface area contributed by atoms with E-state index in [1.165, 1.54) is 6.92 Å². The number of nitrogens with one attached hydrogen (secondary N) is 1. The molecule has 0 spiro atoms. The molecule has 1 aliphatic heterocycles. The van der Waals surface area contributed by atoms with Crippen LogP contribution >= 0.6 is 27.5 Å². The summed E-state index contributed by atoms with van der Waals surface area (Å²) in [4.78, 5) is 15.4. The topological polar surface area (TPSA) is 60.5 Å². The van der Waals surface area contributed by atoms with Gasteiger partial charge in [0.25, 0.3) is 0 Å². The van der Waals surface area contributed by atoms with Crippen LogP contribution in [0.15, 0.2) is 22.2 Å². The predicted molar refractivity (Wildman–Crippen MR) is 99.7 cm³/mol. The van der Waals surface area contributed by atoms with Crippen LogP contribution in [0.25, 0.3) is 6.08 Å². The van der Waals surface area contributed by atoms with E-state index in [-0.39, 0.29) is 5.91 Å². The Bertz CT molecular complexity index is 663. The molecular weight excluding hydrogens is 394 g/mol. The Balaban J connectivity index is 2.37. The SMILES string of the molecule is CC(=O)NCC(=Cc1cc(Cl)ncc1Br)B1OC(C)(C)C(C)(C)O1. The second-order valence-electron chi connectivity index (χ2n) is 6.75. The first-order valence-corrected chi connectivity index (χ1v) is 8.80. The van der Waals surface area contributed by atoms with Crippen LogP contribution in [0.3, 0.4) is 0 Å². The van der Waals surface area contributed by atoms with Crippen molar-refractivity contribution in [2.45, 2.75) is 45.8 Å². The van der Waals surface area contributed by atoms with Crippen molar-refractivity contribution in [3.63, 3.8) is 0 Å². The van der Waals surface area contributed by atoms with Crippen LogP contribution in [-0.4, -0.2) is 35.8 Å². The average Bonchev–Trinajstić information content (AvgIpc) is 2.66. The van der Waals surface area contributed by atoms with Gasteiger partial charge in [0.2, 0.25) is 5.91 Å². The van der Waals surface area contributed by atoms with Gasteiger partial charge >= 0.3 is 7.12 Å². The minimum atomic E-state index is -0.555. The van der Waals surface area contributed by atoms with Crippen LogP contribution in [0.5, 0.6) is 0 Å². The number of carbonyl (C=O) groups is 1. The lowest BCUT2D eigenvalue weighted by molar-refractivity contribution is -0.118. The zero-order valence-corrected chi connectivity index (χ0v) is 16.8. The van der Waals surface area contributed by atoms with Gasteiger partial charge in [0.05, 0.1) is 11.2 Å². The molecule has 2 rings (SSSR count). The maximum Gasteiger partial charge on any atom is 0.492 e. The van der Waals surface area contributed by atoms with Crippen LogP contribution in [0.4, 0.5) is 0 Å². The lowest BCUT2D eigenvalue weighted by atomic mass is 9.77. The summed E-state index contributed by atoms with van der Waals surface area (Å²) < 4.78 is 13.0. The highest BCUT2D eigenvalue weighted by Gasteiger charge is 2.52. The predicted octanol–water partition coefficient (Wildman–Crippen LogP) is 3.65. The van der Waals surface area contributed by atoms with Crippen molar-refractivity contribution in [1.82, 2.24) is 10.3 Å². The average molecular weight is 416 g/mol. The van der Waals surface area contributed by atoms with Gasteiger partial charge in [-0.3, -0.25) is 4.79 Å². The number of halogens is 2. The molecule has 1 aliphatic rings. The second kappa shape index (κ2) is 7.16. The largest absolute Gasteiger partial charge is 0.492 e. The molecule has 130 valence electrons. The second-order valence-corrected chi connectivity index (χ2v) is 7.99. The highest BCUT2D eigenvalue weighted by molar-refractivity contribution is 9.10. The Morgan fingerprint density at radius 3 is 2.50 bits per heavy atom. The molecule has 1 fully saturated rings. The first-order valence-electron chi connectivity index (χ1n) is 7.63. The molecule has 0 radical (unpaired) electrons. The van der Waals surface area contributed by atoms with E-state index in [1.54, 1.807) is 12.3 Å². The van der Waals surface area contributed by atoms with E-state index in [0.29, 0.717) is 11.7 Å². The first kappa shape index (κ1) is 19.4. The van der Waals surface area contributed by atoms with Crippen LogP contribution in [0.1, 0.15) is 40.2 Å². The standard InChI is InChI=1S/C16H21BBrClN2O3/c1-10(22)20-8-12(6-11-7-14(19)21-9-13(11)18)17-23-15(2,3)16(4,5)24-17/h6-7,9H,8H2,1-5H3,(H,20,22).